The molecule has 2 aromatic rings. The number of amides is 2. The highest BCUT2D eigenvalue weighted by atomic mass is 16.5. The summed E-state index contributed by atoms with van der Waals surface area (Å²) in [5, 5.41) is 14.7. The van der Waals surface area contributed by atoms with Crippen LogP contribution in [0.15, 0.2) is 48.5 Å². The third-order valence-electron chi connectivity index (χ3n) is 6.93. The molecule has 2 aliphatic carbocycles. The zero-order valence-electron chi connectivity index (χ0n) is 19.3. The number of methoxy groups -OCH3 is 1. The van der Waals surface area contributed by atoms with Crippen molar-refractivity contribution in [3.63, 3.8) is 0 Å². The van der Waals surface area contributed by atoms with E-state index in [2.05, 4.69) is 22.8 Å². The molecule has 2 aromatic carbocycles. The number of carboxylic acid groups (broad SMARTS) is 1. The summed E-state index contributed by atoms with van der Waals surface area (Å²) in [7, 11) is 1.42. The highest BCUT2D eigenvalue weighted by Gasteiger charge is 2.37. The molecule has 8 heteroatoms. The van der Waals surface area contributed by atoms with Crippen molar-refractivity contribution in [2.75, 3.05) is 13.7 Å². The third-order valence-corrected chi connectivity index (χ3v) is 6.93. The second kappa shape index (κ2) is 10.3. The van der Waals surface area contributed by atoms with E-state index in [-0.39, 0.29) is 18.4 Å². The fourth-order valence-electron chi connectivity index (χ4n) is 4.70. The number of fused-ring (bicyclic) bond motifs is 3. The van der Waals surface area contributed by atoms with Gasteiger partial charge in [-0.1, -0.05) is 55.0 Å². The van der Waals surface area contributed by atoms with Crippen molar-refractivity contribution in [3.05, 3.63) is 59.7 Å². The number of hydrogen-bond donors (Lipinski definition) is 3. The molecule has 0 aromatic heterocycles. The Labute approximate surface area is 198 Å². The molecule has 0 bridgehead atoms. The zero-order valence-corrected chi connectivity index (χ0v) is 19.3. The number of benzene rings is 2. The van der Waals surface area contributed by atoms with Gasteiger partial charge in [0.15, 0.2) is 0 Å². The van der Waals surface area contributed by atoms with E-state index in [0.717, 1.165) is 41.5 Å². The summed E-state index contributed by atoms with van der Waals surface area (Å²) in [6.45, 7) is 1.74. The quantitative estimate of drug-likeness (QED) is 0.523. The molecule has 3 N–H and O–H groups in total. The molecular formula is C26H30N2O6. The maximum atomic E-state index is 12.9. The first-order valence-electron chi connectivity index (χ1n) is 11.6. The Morgan fingerprint density at radius 2 is 1.59 bits per heavy atom. The van der Waals surface area contributed by atoms with Gasteiger partial charge < -0.3 is 25.2 Å². The largest absolute Gasteiger partial charge is 0.480 e. The predicted molar refractivity (Wildman–Crippen MR) is 125 cm³/mol. The lowest BCUT2D eigenvalue weighted by molar-refractivity contribution is -0.145. The third kappa shape index (κ3) is 4.77. The Balaban J connectivity index is 1.42. The van der Waals surface area contributed by atoms with E-state index in [9.17, 15) is 19.5 Å². The second-order valence-corrected chi connectivity index (χ2v) is 8.90. The number of alkyl carbamates (subject to hydrolysis) is 1. The summed E-state index contributed by atoms with van der Waals surface area (Å²) < 4.78 is 10.8. The van der Waals surface area contributed by atoms with Gasteiger partial charge in [0.1, 0.15) is 18.7 Å². The van der Waals surface area contributed by atoms with Crippen LogP contribution in [-0.2, 0) is 19.1 Å². The van der Waals surface area contributed by atoms with E-state index in [0.29, 0.717) is 0 Å². The average molecular weight is 467 g/mol. The number of carboxylic acids is 1. The predicted octanol–water partition coefficient (Wildman–Crippen LogP) is 3.30. The van der Waals surface area contributed by atoms with Gasteiger partial charge in [-0.25, -0.2) is 9.59 Å². The van der Waals surface area contributed by atoms with E-state index in [1.165, 1.54) is 7.11 Å². The monoisotopic (exact) mass is 466 g/mol. The number of hydrogen-bond acceptors (Lipinski definition) is 5. The van der Waals surface area contributed by atoms with Crippen molar-refractivity contribution < 1.29 is 29.0 Å². The van der Waals surface area contributed by atoms with Gasteiger partial charge in [-0.3, -0.25) is 4.79 Å². The Bertz CT molecular complexity index is 1020. The summed E-state index contributed by atoms with van der Waals surface area (Å²) in [5.41, 5.74) is 4.41. The Morgan fingerprint density at radius 3 is 2.09 bits per heavy atom. The van der Waals surface area contributed by atoms with E-state index in [4.69, 9.17) is 9.47 Å². The Kier molecular flexibility index (Phi) is 7.17. The van der Waals surface area contributed by atoms with Gasteiger partial charge >= 0.3 is 12.1 Å². The smallest absolute Gasteiger partial charge is 0.407 e. The highest BCUT2D eigenvalue weighted by molar-refractivity contribution is 5.90. The van der Waals surface area contributed by atoms with Gasteiger partial charge in [-0.2, -0.15) is 0 Å². The molecule has 0 heterocycles. The van der Waals surface area contributed by atoms with E-state index < -0.39 is 36.2 Å². The van der Waals surface area contributed by atoms with Gasteiger partial charge in [0, 0.05) is 13.0 Å². The van der Waals surface area contributed by atoms with Crippen molar-refractivity contribution in [2.24, 2.45) is 5.92 Å². The molecule has 0 saturated heterocycles. The van der Waals surface area contributed by atoms with Crippen molar-refractivity contribution >= 4 is 18.0 Å². The first-order chi connectivity index (χ1) is 16.4. The highest BCUT2D eigenvalue weighted by Crippen LogP contribution is 2.44. The molecule has 34 heavy (non-hydrogen) atoms. The molecule has 3 atom stereocenters. The number of ether oxygens (including phenoxy) is 2. The summed E-state index contributed by atoms with van der Waals surface area (Å²) in [6, 6.07) is 13.9. The van der Waals surface area contributed by atoms with Crippen LogP contribution in [0.3, 0.4) is 0 Å². The summed E-state index contributed by atoms with van der Waals surface area (Å²) in [6.07, 6.45) is 1.00. The average Bonchev–Trinajstić information content (AvgIpc) is 3.12. The summed E-state index contributed by atoms with van der Waals surface area (Å²) in [5.74, 6) is -1.90. The normalized spacial score (nSPS) is 17.5. The molecule has 1 saturated carbocycles. The van der Waals surface area contributed by atoms with Crippen LogP contribution in [0.1, 0.15) is 43.2 Å². The van der Waals surface area contributed by atoms with Gasteiger partial charge in [0.05, 0.1) is 6.10 Å². The first kappa shape index (κ1) is 23.8. The number of aliphatic carboxylic acids is 1. The van der Waals surface area contributed by atoms with Crippen LogP contribution in [0.5, 0.6) is 0 Å². The molecule has 0 aliphatic heterocycles. The Morgan fingerprint density at radius 1 is 1.00 bits per heavy atom. The number of carbonyl (C=O) groups is 3. The molecule has 4 rings (SSSR count). The fourth-order valence-corrected chi connectivity index (χ4v) is 4.70. The number of nitrogens with one attached hydrogen (secondary N) is 2. The topological polar surface area (TPSA) is 114 Å². The van der Waals surface area contributed by atoms with Crippen LogP contribution < -0.4 is 10.6 Å². The second-order valence-electron chi connectivity index (χ2n) is 8.90. The van der Waals surface area contributed by atoms with Crippen molar-refractivity contribution in [3.8, 4) is 11.1 Å². The van der Waals surface area contributed by atoms with Crippen LogP contribution in [0.25, 0.3) is 11.1 Å². The first-order valence-corrected chi connectivity index (χ1v) is 11.6. The van der Waals surface area contributed by atoms with Crippen molar-refractivity contribution in [1.29, 1.82) is 0 Å². The maximum absolute atomic E-state index is 12.9. The zero-order chi connectivity index (χ0) is 24.2. The van der Waals surface area contributed by atoms with E-state index >= 15 is 0 Å². The standard InChI is InChI=1S/C26H30N2O6/c1-15(33-2)22(24(29)27-23(25(30)31)16-8-7-9-16)28-26(32)34-14-21-19-12-5-3-10-17(19)18-11-4-6-13-20(18)21/h3-6,10-13,15-16,21-23H,7-9,14H2,1-2H3,(H,27,29)(H,28,32)(H,30,31)/t15-,22+,23?/m1/s1. The molecule has 1 unspecified atom stereocenters. The molecular weight excluding hydrogens is 436 g/mol. The lowest BCUT2D eigenvalue weighted by atomic mass is 9.79. The van der Waals surface area contributed by atoms with Crippen LogP contribution in [-0.4, -0.2) is 55.0 Å². The van der Waals surface area contributed by atoms with E-state index in [1.807, 2.05) is 36.4 Å². The molecule has 2 aliphatic rings. The van der Waals surface area contributed by atoms with Crippen LogP contribution in [0, 0.1) is 5.92 Å². The van der Waals surface area contributed by atoms with E-state index in [1.54, 1.807) is 6.92 Å². The minimum absolute atomic E-state index is 0.102. The van der Waals surface area contributed by atoms with Crippen LogP contribution in [0.4, 0.5) is 4.79 Å². The van der Waals surface area contributed by atoms with Crippen LogP contribution >= 0.6 is 0 Å². The van der Waals surface area contributed by atoms with Gasteiger partial charge in [-0.15, -0.1) is 0 Å². The molecule has 8 nitrogen and oxygen atoms in total. The molecule has 180 valence electrons. The summed E-state index contributed by atoms with van der Waals surface area (Å²) >= 11 is 0. The van der Waals surface area contributed by atoms with Crippen molar-refractivity contribution in [1.82, 2.24) is 10.6 Å². The van der Waals surface area contributed by atoms with Gasteiger partial charge in [-0.05, 0) is 47.9 Å². The summed E-state index contributed by atoms with van der Waals surface area (Å²) in [4.78, 5) is 37.2. The van der Waals surface area contributed by atoms with Gasteiger partial charge in [0.25, 0.3) is 0 Å². The number of rotatable bonds is 9. The van der Waals surface area contributed by atoms with Crippen molar-refractivity contribution in [2.45, 2.75) is 50.3 Å². The maximum Gasteiger partial charge on any atom is 0.407 e. The minimum Gasteiger partial charge on any atom is -0.480 e. The lowest BCUT2D eigenvalue weighted by Gasteiger charge is -2.33. The van der Waals surface area contributed by atoms with Gasteiger partial charge in [0.2, 0.25) is 5.91 Å². The Hall–Kier alpha value is -3.39. The fraction of sp³-hybridized carbons (Fsp3) is 0.423. The SMILES string of the molecule is CO[C@H](C)[C@H](NC(=O)OCC1c2ccccc2-c2ccccc21)C(=O)NC(C(=O)O)C1CCC1. The minimum atomic E-state index is -1.09. The lowest BCUT2D eigenvalue weighted by Crippen LogP contribution is -2.58. The van der Waals surface area contributed by atoms with Crippen LogP contribution in [0.2, 0.25) is 0 Å². The molecule has 1 fully saturated rings. The molecule has 2 amide bonds. The molecule has 0 radical (unpaired) electrons. The number of carbonyl (C=O) groups excluding carboxylic acids is 2. The molecule has 0 spiro atoms.